The standard InChI is InChI=1S/C10H19F3N4O2/c1-6(2)3-16-8(18)5-15-4-7(9(14)17-19)10(11,12)13/h6-7,15,19H,3-5H2,1-2H3,(H2,14,17)(H,16,18). The molecule has 9 heteroatoms. The average Bonchev–Trinajstić information content (AvgIpc) is 2.29. The lowest BCUT2D eigenvalue weighted by Gasteiger charge is -2.19. The Morgan fingerprint density at radius 3 is 2.37 bits per heavy atom. The van der Waals surface area contributed by atoms with Gasteiger partial charge in [0, 0.05) is 13.1 Å². The largest absolute Gasteiger partial charge is 0.409 e. The minimum absolute atomic E-state index is 0.254. The number of halogens is 3. The summed E-state index contributed by atoms with van der Waals surface area (Å²) in [6, 6.07) is 0. The molecular weight excluding hydrogens is 265 g/mol. The fraction of sp³-hybridized carbons (Fsp3) is 0.800. The van der Waals surface area contributed by atoms with Crippen LogP contribution in [-0.4, -0.2) is 42.8 Å². The smallest absolute Gasteiger partial charge is 0.400 e. The monoisotopic (exact) mass is 284 g/mol. The van der Waals surface area contributed by atoms with Gasteiger partial charge in [-0.05, 0) is 5.92 Å². The Hall–Kier alpha value is -1.51. The van der Waals surface area contributed by atoms with Crippen LogP contribution in [0, 0.1) is 11.8 Å². The van der Waals surface area contributed by atoms with Crippen LogP contribution in [0.5, 0.6) is 0 Å². The van der Waals surface area contributed by atoms with Crippen molar-refractivity contribution in [2.45, 2.75) is 20.0 Å². The third-order valence-corrected chi connectivity index (χ3v) is 2.21. The Labute approximate surface area is 109 Å². The maximum atomic E-state index is 12.5. The van der Waals surface area contributed by atoms with E-state index < -0.39 is 30.4 Å². The molecule has 0 saturated heterocycles. The summed E-state index contributed by atoms with van der Waals surface area (Å²) in [5, 5.41) is 15.5. The Bertz CT molecular complexity index is 318. The van der Waals surface area contributed by atoms with Gasteiger partial charge in [-0.2, -0.15) is 13.2 Å². The van der Waals surface area contributed by atoms with E-state index in [0.29, 0.717) is 6.54 Å². The number of carbonyl (C=O) groups is 1. The average molecular weight is 284 g/mol. The maximum absolute atomic E-state index is 12.5. The van der Waals surface area contributed by atoms with E-state index in [1.807, 2.05) is 13.8 Å². The van der Waals surface area contributed by atoms with Crippen LogP contribution in [0.4, 0.5) is 13.2 Å². The molecule has 0 aliphatic heterocycles. The number of rotatable bonds is 7. The van der Waals surface area contributed by atoms with Crippen molar-refractivity contribution < 1.29 is 23.2 Å². The summed E-state index contributed by atoms with van der Waals surface area (Å²) in [5.74, 6) is -3.23. The number of alkyl halides is 3. The fourth-order valence-corrected chi connectivity index (χ4v) is 1.17. The van der Waals surface area contributed by atoms with Crippen LogP contribution >= 0.6 is 0 Å². The molecule has 0 spiro atoms. The van der Waals surface area contributed by atoms with Gasteiger partial charge in [-0.25, -0.2) is 0 Å². The van der Waals surface area contributed by atoms with E-state index in [1.54, 1.807) is 0 Å². The van der Waals surface area contributed by atoms with Crippen LogP contribution in [0.1, 0.15) is 13.8 Å². The van der Waals surface area contributed by atoms with E-state index in [2.05, 4.69) is 15.8 Å². The predicted octanol–water partition coefficient (Wildman–Crippen LogP) is 0.273. The zero-order valence-electron chi connectivity index (χ0n) is 10.8. The molecule has 0 saturated carbocycles. The summed E-state index contributed by atoms with van der Waals surface area (Å²) in [5.41, 5.74) is 4.96. The number of nitrogens with one attached hydrogen (secondary N) is 2. The molecule has 0 radical (unpaired) electrons. The summed E-state index contributed by atoms with van der Waals surface area (Å²) in [6.07, 6.45) is -4.64. The second-order valence-electron chi connectivity index (χ2n) is 4.45. The SMILES string of the molecule is CC(C)CNC(=O)CNCC(C(N)=NO)C(F)(F)F. The van der Waals surface area contributed by atoms with Gasteiger partial charge in [-0.3, -0.25) is 4.79 Å². The molecule has 5 N–H and O–H groups in total. The molecule has 0 rings (SSSR count). The summed E-state index contributed by atoms with van der Waals surface area (Å²) in [7, 11) is 0. The minimum Gasteiger partial charge on any atom is -0.409 e. The van der Waals surface area contributed by atoms with E-state index in [9.17, 15) is 18.0 Å². The van der Waals surface area contributed by atoms with E-state index in [1.165, 1.54) is 0 Å². The highest BCUT2D eigenvalue weighted by Crippen LogP contribution is 2.25. The van der Waals surface area contributed by atoms with Crippen molar-refractivity contribution >= 4 is 11.7 Å². The van der Waals surface area contributed by atoms with E-state index in [0.717, 1.165) is 0 Å². The molecule has 0 aromatic heterocycles. The van der Waals surface area contributed by atoms with Crippen LogP contribution in [0.25, 0.3) is 0 Å². The highest BCUT2D eigenvalue weighted by Gasteiger charge is 2.42. The van der Waals surface area contributed by atoms with Crippen molar-refractivity contribution in [3.8, 4) is 0 Å². The normalized spacial score (nSPS) is 14.5. The third kappa shape index (κ3) is 7.50. The van der Waals surface area contributed by atoms with Gasteiger partial charge >= 0.3 is 6.18 Å². The lowest BCUT2D eigenvalue weighted by molar-refractivity contribution is -0.155. The van der Waals surface area contributed by atoms with Gasteiger partial charge in [0.05, 0.1) is 6.54 Å². The number of oxime groups is 1. The molecular formula is C10H19F3N4O2. The third-order valence-electron chi connectivity index (χ3n) is 2.21. The molecule has 1 atom stereocenters. The number of hydrogen-bond donors (Lipinski definition) is 4. The Balaban J connectivity index is 4.18. The molecule has 1 unspecified atom stereocenters. The Morgan fingerprint density at radius 2 is 1.95 bits per heavy atom. The Morgan fingerprint density at radius 1 is 1.37 bits per heavy atom. The van der Waals surface area contributed by atoms with Crippen molar-refractivity contribution in [1.29, 1.82) is 0 Å². The first-order chi connectivity index (χ1) is 8.68. The van der Waals surface area contributed by atoms with Crippen molar-refractivity contribution in [1.82, 2.24) is 10.6 Å². The van der Waals surface area contributed by atoms with Crippen LogP contribution in [-0.2, 0) is 4.79 Å². The van der Waals surface area contributed by atoms with Gasteiger partial charge in [-0.15, -0.1) is 0 Å². The second-order valence-corrected chi connectivity index (χ2v) is 4.45. The molecule has 6 nitrogen and oxygen atoms in total. The molecule has 1 amide bonds. The first-order valence-electron chi connectivity index (χ1n) is 5.70. The summed E-state index contributed by atoms with van der Waals surface area (Å²) in [4.78, 5) is 11.3. The van der Waals surface area contributed by atoms with Gasteiger partial charge in [0.1, 0.15) is 5.92 Å². The van der Waals surface area contributed by atoms with Gasteiger partial charge in [-0.1, -0.05) is 19.0 Å². The predicted molar refractivity (Wildman–Crippen MR) is 63.7 cm³/mol. The van der Waals surface area contributed by atoms with Crippen molar-refractivity contribution in [3.05, 3.63) is 0 Å². The molecule has 0 fully saturated rings. The van der Waals surface area contributed by atoms with Crippen LogP contribution in [0.15, 0.2) is 5.16 Å². The number of nitrogens with two attached hydrogens (primary N) is 1. The molecule has 112 valence electrons. The Kier molecular flexibility index (Phi) is 7.20. The highest BCUT2D eigenvalue weighted by atomic mass is 19.4. The lowest BCUT2D eigenvalue weighted by atomic mass is 10.1. The first-order valence-corrected chi connectivity index (χ1v) is 5.70. The number of hydrogen-bond acceptors (Lipinski definition) is 4. The van der Waals surface area contributed by atoms with Crippen LogP contribution in [0.3, 0.4) is 0 Å². The topological polar surface area (TPSA) is 99.7 Å². The quantitative estimate of drug-likeness (QED) is 0.233. The van der Waals surface area contributed by atoms with E-state index >= 15 is 0 Å². The molecule has 0 aliphatic carbocycles. The second kappa shape index (κ2) is 7.82. The summed E-state index contributed by atoms with van der Waals surface area (Å²) in [6.45, 7) is 3.34. The van der Waals surface area contributed by atoms with E-state index in [-0.39, 0.29) is 12.5 Å². The number of carbonyl (C=O) groups excluding carboxylic acids is 1. The van der Waals surface area contributed by atoms with Crippen LogP contribution < -0.4 is 16.4 Å². The number of amides is 1. The summed E-state index contributed by atoms with van der Waals surface area (Å²) < 4.78 is 37.6. The van der Waals surface area contributed by atoms with Crippen LogP contribution in [0.2, 0.25) is 0 Å². The van der Waals surface area contributed by atoms with Crippen molar-refractivity contribution in [2.24, 2.45) is 22.7 Å². The van der Waals surface area contributed by atoms with Gasteiger partial charge in [0.15, 0.2) is 5.84 Å². The number of nitrogens with zero attached hydrogens (tertiary/aromatic N) is 1. The molecule has 0 bridgehead atoms. The summed E-state index contributed by atoms with van der Waals surface area (Å²) >= 11 is 0. The van der Waals surface area contributed by atoms with Crippen molar-refractivity contribution in [2.75, 3.05) is 19.6 Å². The number of amidine groups is 1. The molecule has 19 heavy (non-hydrogen) atoms. The lowest BCUT2D eigenvalue weighted by Crippen LogP contribution is -2.45. The molecule has 0 heterocycles. The van der Waals surface area contributed by atoms with Crippen molar-refractivity contribution in [3.63, 3.8) is 0 Å². The van der Waals surface area contributed by atoms with Gasteiger partial charge < -0.3 is 21.6 Å². The first kappa shape index (κ1) is 17.5. The highest BCUT2D eigenvalue weighted by molar-refractivity contribution is 5.83. The zero-order valence-corrected chi connectivity index (χ0v) is 10.8. The van der Waals surface area contributed by atoms with Gasteiger partial charge in [0.2, 0.25) is 5.91 Å². The minimum atomic E-state index is -4.64. The molecule has 0 aromatic carbocycles. The molecule has 0 aliphatic rings. The van der Waals surface area contributed by atoms with Gasteiger partial charge in [0.25, 0.3) is 0 Å². The molecule has 0 aromatic rings. The zero-order chi connectivity index (χ0) is 15.1. The fourth-order valence-electron chi connectivity index (χ4n) is 1.17. The van der Waals surface area contributed by atoms with E-state index in [4.69, 9.17) is 10.9 Å². The maximum Gasteiger partial charge on any atom is 0.400 e.